The van der Waals surface area contributed by atoms with Gasteiger partial charge in [0.2, 0.25) is 0 Å². The number of aromatic hydroxyl groups is 1. The van der Waals surface area contributed by atoms with Crippen molar-refractivity contribution in [3.8, 4) is 5.75 Å². The Bertz CT molecular complexity index is 240. The lowest BCUT2D eigenvalue weighted by atomic mass is 10.1. The molecule has 0 saturated heterocycles. The predicted octanol–water partition coefficient (Wildman–Crippen LogP) is 2.86. The second-order valence-corrected chi connectivity index (χ2v) is 2.70. The van der Waals surface area contributed by atoms with E-state index in [1.807, 2.05) is 0 Å². The molecule has 11 heavy (non-hydrogen) atoms. The number of phenols is 1. The summed E-state index contributed by atoms with van der Waals surface area (Å²) in [6, 6.07) is 6.76. The van der Waals surface area contributed by atoms with E-state index in [-0.39, 0.29) is 11.1 Å². The van der Waals surface area contributed by atoms with Crippen molar-refractivity contribution in [3.05, 3.63) is 42.5 Å². The Balaban J connectivity index is 2.89. The van der Waals surface area contributed by atoms with Gasteiger partial charge in [-0.05, 0) is 17.7 Å². The maximum Gasteiger partial charge on any atom is 0.115 e. The van der Waals surface area contributed by atoms with Gasteiger partial charge in [0.1, 0.15) is 5.75 Å². The van der Waals surface area contributed by atoms with Crippen LogP contribution in [-0.2, 0) is 0 Å². The van der Waals surface area contributed by atoms with E-state index < -0.39 is 0 Å². The van der Waals surface area contributed by atoms with Gasteiger partial charge in [-0.25, -0.2) is 0 Å². The van der Waals surface area contributed by atoms with E-state index in [4.69, 9.17) is 16.7 Å². The Hall–Kier alpha value is -0.950. The number of hydrogen-bond acceptors (Lipinski definition) is 1. The van der Waals surface area contributed by atoms with Crippen LogP contribution in [0.2, 0.25) is 0 Å². The van der Waals surface area contributed by atoms with Gasteiger partial charge in [-0.15, -0.1) is 18.2 Å². The smallest absolute Gasteiger partial charge is 0.115 e. The highest BCUT2D eigenvalue weighted by Crippen LogP contribution is 2.22. The molecule has 58 valence electrons. The summed E-state index contributed by atoms with van der Waals surface area (Å²) in [6.45, 7) is 3.56. The number of allylic oxidation sites excluding steroid dienone is 1. The zero-order valence-electron chi connectivity index (χ0n) is 6.00. The highest BCUT2D eigenvalue weighted by Gasteiger charge is 2.00. The lowest BCUT2D eigenvalue weighted by Gasteiger charge is -2.02. The van der Waals surface area contributed by atoms with Crippen LogP contribution in [0, 0.1) is 0 Å². The Kier molecular flexibility index (Phi) is 2.55. The fourth-order valence-electron chi connectivity index (χ4n) is 0.794. The number of phenolic OH excluding ortho intramolecular Hbond substituents is 1. The molecule has 1 aromatic rings. The third-order valence-electron chi connectivity index (χ3n) is 1.42. The summed E-state index contributed by atoms with van der Waals surface area (Å²) in [4.78, 5) is 0. The maximum absolute atomic E-state index is 8.94. The molecule has 2 heteroatoms. The van der Waals surface area contributed by atoms with E-state index in [9.17, 15) is 0 Å². The highest BCUT2D eigenvalue weighted by atomic mass is 35.5. The molecule has 0 heterocycles. The molecule has 1 aromatic carbocycles. The van der Waals surface area contributed by atoms with Crippen molar-refractivity contribution in [1.82, 2.24) is 0 Å². The second kappa shape index (κ2) is 3.44. The van der Waals surface area contributed by atoms with Gasteiger partial charge >= 0.3 is 0 Å². The molecule has 0 aliphatic heterocycles. The summed E-state index contributed by atoms with van der Waals surface area (Å²) in [7, 11) is 0. The molecule has 1 nitrogen and oxygen atoms in total. The number of alkyl halides is 1. The number of hydrogen-bond donors (Lipinski definition) is 1. The summed E-state index contributed by atoms with van der Waals surface area (Å²) >= 11 is 5.84. The number of benzene rings is 1. The van der Waals surface area contributed by atoms with Crippen LogP contribution in [0.5, 0.6) is 5.75 Å². The third kappa shape index (κ3) is 1.99. The summed E-state index contributed by atoms with van der Waals surface area (Å²) in [6.07, 6.45) is 1.65. The Morgan fingerprint density at radius 3 is 2.36 bits per heavy atom. The molecule has 0 bridgehead atoms. The van der Waals surface area contributed by atoms with Crippen molar-refractivity contribution in [1.29, 1.82) is 0 Å². The van der Waals surface area contributed by atoms with Gasteiger partial charge in [0.05, 0.1) is 5.38 Å². The highest BCUT2D eigenvalue weighted by molar-refractivity contribution is 6.21. The van der Waals surface area contributed by atoms with Gasteiger partial charge < -0.3 is 5.11 Å². The minimum Gasteiger partial charge on any atom is -0.508 e. The minimum absolute atomic E-state index is 0.171. The van der Waals surface area contributed by atoms with Gasteiger partial charge in [-0.2, -0.15) is 0 Å². The van der Waals surface area contributed by atoms with Gasteiger partial charge in [0, 0.05) is 0 Å². The van der Waals surface area contributed by atoms with Crippen LogP contribution in [0.25, 0.3) is 0 Å². The first-order valence-corrected chi connectivity index (χ1v) is 3.73. The maximum atomic E-state index is 8.94. The van der Waals surface area contributed by atoms with Crippen molar-refractivity contribution in [2.75, 3.05) is 0 Å². The zero-order valence-corrected chi connectivity index (χ0v) is 6.75. The minimum atomic E-state index is -0.171. The molecule has 1 N–H and O–H groups in total. The Morgan fingerprint density at radius 1 is 1.36 bits per heavy atom. The molecule has 1 atom stereocenters. The second-order valence-electron chi connectivity index (χ2n) is 2.23. The van der Waals surface area contributed by atoms with Crippen LogP contribution in [0.3, 0.4) is 0 Å². The van der Waals surface area contributed by atoms with Gasteiger partial charge in [-0.3, -0.25) is 0 Å². The van der Waals surface area contributed by atoms with E-state index in [0.717, 1.165) is 5.56 Å². The fourth-order valence-corrected chi connectivity index (χ4v) is 0.940. The lowest BCUT2D eigenvalue weighted by molar-refractivity contribution is 0.475. The largest absolute Gasteiger partial charge is 0.508 e. The number of rotatable bonds is 2. The van der Waals surface area contributed by atoms with Gasteiger partial charge in [0.15, 0.2) is 0 Å². The molecular weight excluding hydrogens is 160 g/mol. The first-order chi connectivity index (χ1) is 5.24. The van der Waals surface area contributed by atoms with Crippen molar-refractivity contribution >= 4 is 11.6 Å². The molecule has 0 aliphatic carbocycles. The van der Waals surface area contributed by atoms with Crippen molar-refractivity contribution < 1.29 is 5.11 Å². The summed E-state index contributed by atoms with van der Waals surface area (Å²) < 4.78 is 0. The van der Waals surface area contributed by atoms with Crippen LogP contribution in [0.1, 0.15) is 10.9 Å². The average molecular weight is 169 g/mol. The molecular formula is C9H9ClO. The van der Waals surface area contributed by atoms with Crippen LogP contribution in [0.4, 0.5) is 0 Å². The standard InChI is InChI=1S/C9H9ClO/c1-2-9(10)7-3-5-8(11)6-4-7/h2-6,9,11H,1H2. The predicted molar refractivity (Wildman–Crippen MR) is 46.9 cm³/mol. The summed E-state index contributed by atoms with van der Waals surface area (Å²) in [5, 5.41) is 8.77. The van der Waals surface area contributed by atoms with Crippen LogP contribution in [-0.4, -0.2) is 5.11 Å². The van der Waals surface area contributed by atoms with Gasteiger partial charge in [-0.1, -0.05) is 18.2 Å². The molecule has 0 saturated carbocycles. The molecule has 0 amide bonds. The van der Waals surface area contributed by atoms with Crippen molar-refractivity contribution in [2.45, 2.75) is 5.38 Å². The quantitative estimate of drug-likeness (QED) is 0.532. The zero-order chi connectivity index (χ0) is 8.27. The average Bonchev–Trinajstić information content (AvgIpc) is 2.05. The van der Waals surface area contributed by atoms with E-state index in [0.29, 0.717) is 0 Å². The Morgan fingerprint density at radius 2 is 1.91 bits per heavy atom. The van der Waals surface area contributed by atoms with Crippen LogP contribution in [0.15, 0.2) is 36.9 Å². The molecule has 0 spiro atoms. The molecule has 0 fully saturated rings. The summed E-state index contributed by atoms with van der Waals surface area (Å²) in [5.74, 6) is 0.252. The van der Waals surface area contributed by atoms with E-state index >= 15 is 0 Å². The molecule has 1 unspecified atom stereocenters. The first-order valence-electron chi connectivity index (χ1n) is 3.29. The first kappa shape index (κ1) is 8.15. The van der Waals surface area contributed by atoms with Crippen LogP contribution < -0.4 is 0 Å². The normalized spacial score (nSPS) is 12.5. The monoisotopic (exact) mass is 168 g/mol. The summed E-state index contributed by atoms with van der Waals surface area (Å²) in [5.41, 5.74) is 0.944. The molecule has 0 aliphatic rings. The lowest BCUT2D eigenvalue weighted by Crippen LogP contribution is -1.82. The molecule has 0 aromatic heterocycles. The molecule has 0 radical (unpaired) electrons. The van der Waals surface area contributed by atoms with Gasteiger partial charge in [0.25, 0.3) is 0 Å². The van der Waals surface area contributed by atoms with Crippen molar-refractivity contribution in [2.24, 2.45) is 0 Å². The third-order valence-corrected chi connectivity index (χ3v) is 1.85. The fraction of sp³-hybridized carbons (Fsp3) is 0.111. The van der Waals surface area contributed by atoms with Crippen LogP contribution >= 0.6 is 11.6 Å². The van der Waals surface area contributed by atoms with E-state index in [2.05, 4.69) is 6.58 Å². The topological polar surface area (TPSA) is 20.2 Å². The molecule has 1 rings (SSSR count). The van der Waals surface area contributed by atoms with E-state index in [1.165, 1.54) is 0 Å². The number of halogens is 1. The van der Waals surface area contributed by atoms with Crippen molar-refractivity contribution in [3.63, 3.8) is 0 Å². The Labute approximate surface area is 70.9 Å². The SMILES string of the molecule is C=CC(Cl)c1ccc(O)cc1. The van der Waals surface area contributed by atoms with E-state index in [1.54, 1.807) is 30.3 Å².